The molecule has 1 atom stereocenters. The summed E-state index contributed by atoms with van der Waals surface area (Å²) in [6, 6.07) is 12.7. The average molecular weight is 334 g/mol. The van der Waals surface area contributed by atoms with E-state index in [1.54, 1.807) is 0 Å². The van der Waals surface area contributed by atoms with E-state index in [2.05, 4.69) is 69.4 Å². The van der Waals surface area contributed by atoms with Crippen LogP contribution in [0.2, 0.25) is 0 Å². The van der Waals surface area contributed by atoms with Crippen LogP contribution in [0.15, 0.2) is 47.1 Å². The molecule has 0 aliphatic carbocycles. The van der Waals surface area contributed by atoms with Crippen molar-refractivity contribution in [2.24, 2.45) is 0 Å². The van der Waals surface area contributed by atoms with Crippen molar-refractivity contribution in [3.05, 3.63) is 58.3 Å². The molecule has 1 aromatic heterocycles. The van der Waals surface area contributed by atoms with Crippen LogP contribution in [-0.4, -0.2) is 19.1 Å². The molecule has 0 spiro atoms. The van der Waals surface area contributed by atoms with E-state index in [0.717, 1.165) is 16.7 Å². The number of benzene rings is 1. The van der Waals surface area contributed by atoms with E-state index in [1.165, 1.54) is 11.3 Å². The molecule has 1 aromatic carbocycles. The molecule has 1 unspecified atom stereocenters. The van der Waals surface area contributed by atoms with Gasteiger partial charge in [-0.05, 0) is 43.8 Å². The summed E-state index contributed by atoms with van der Waals surface area (Å²) in [6.45, 7) is 2.96. The van der Waals surface area contributed by atoms with Crippen molar-refractivity contribution < 1.29 is 0 Å². The third-order valence-corrected chi connectivity index (χ3v) is 3.92. The molecule has 3 nitrogen and oxygen atoms in total. The van der Waals surface area contributed by atoms with E-state index in [4.69, 9.17) is 0 Å². The molecule has 0 saturated heterocycles. The Balaban J connectivity index is 2.28. The van der Waals surface area contributed by atoms with Crippen LogP contribution in [0.25, 0.3) is 0 Å². The molecule has 20 heavy (non-hydrogen) atoms. The highest BCUT2D eigenvalue weighted by Gasteiger charge is 2.13. The number of aromatic nitrogens is 1. The predicted octanol–water partition coefficient (Wildman–Crippen LogP) is 3.76. The Hall–Kier alpha value is -1.39. The first-order chi connectivity index (χ1) is 9.61. The molecule has 1 N–H and O–H groups in total. The maximum absolute atomic E-state index is 4.39. The number of hydrogen-bond acceptors (Lipinski definition) is 3. The summed E-state index contributed by atoms with van der Waals surface area (Å²) in [7, 11) is 4.08. The van der Waals surface area contributed by atoms with Gasteiger partial charge in [0, 0.05) is 29.4 Å². The SMILES string of the molecule is CNC(C)c1ccc(Br)cc1N(C)Cc1ccccn1. The Bertz CT molecular complexity index is 557. The van der Waals surface area contributed by atoms with Gasteiger partial charge in [0.25, 0.3) is 0 Å². The lowest BCUT2D eigenvalue weighted by molar-refractivity contribution is 0.649. The number of nitrogens with one attached hydrogen (secondary N) is 1. The smallest absolute Gasteiger partial charge is 0.0598 e. The largest absolute Gasteiger partial charge is 0.368 e. The zero-order valence-corrected chi connectivity index (χ0v) is 13.7. The molecule has 0 saturated carbocycles. The van der Waals surface area contributed by atoms with Crippen molar-refractivity contribution >= 4 is 21.6 Å². The van der Waals surface area contributed by atoms with Gasteiger partial charge in [-0.2, -0.15) is 0 Å². The molecule has 0 aliphatic rings. The molecule has 0 radical (unpaired) electrons. The predicted molar refractivity (Wildman–Crippen MR) is 88.0 cm³/mol. The Morgan fingerprint density at radius 3 is 2.75 bits per heavy atom. The summed E-state index contributed by atoms with van der Waals surface area (Å²) in [5.74, 6) is 0. The summed E-state index contributed by atoms with van der Waals surface area (Å²) in [6.07, 6.45) is 1.83. The standard InChI is InChI=1S/C16H20BrN3/c1-12(18-2)15-8-7-13(17)10-16(15)20(3)11-14-6-4-5-9-19-14/h4-10,12,18H,11H2,1-3H3. The van der Waals surface area contributed by atoms with Gasteiger partial charge < -0.3 is 10.2 Å². The summed E-state index contributed by atoms with van der Waals surface area (Å²) >= 11 is 3.56. The van der Waals surface area contributed by atoms with Crippen LogP contribution in [0.4, 0.5) is 5.69 Å². The van der Waals surface area contributed by atoms with Crippen molar-refractivity contribution in [3.8, 4) is 0 Å². The first kappa shape index (κ1) is 15.0. The molecule has 2 rings (SSSR count). The van der Waals surface area contributed by atoms with Gasteiger partial charge >= 0.3 is 0 Å². The van der Waals surface area contributed by atoms with Crippen molar-refractivity contribution in [1.82, 2.24) is 10.3 Å². The minimum absolute atomic E-state index is 0.310. The van der Waals surface area contributed by atoms with Gasteiger partial charge in [0.15, 0.2) is 0 Å². The fraction of sp³-hybridized carbons (Fsp3) is 0.312. The lowest BCUT2D eigenvalue weighted by Crippen LogP contribution is -2.22. The molecule has 0 fully saturated rings. The highest BCUT2D eigenvalue weighted by Crippen LogP contribution is 2.29. The zero-order chi connectivity index (χ0) is 14.5. The van der Waals surface area contributed by atoms with Crippen LogP contribution < -0.4 is 10.2 Å². The second-order valence-corrected chi connectivity index (χ2v) is 5.81. The van der Waals surface area contributed by atoms with Crippen LogP contribution in [0.3, 0.4) is 0 Å². The molecule has 1 heterocycles. The molecule has 2 aromatic rings. The molecule has 0 amide bonds. The van der Waals surface area contributed by atoms with Crippen molar-refractivity contribution in [1.29, 1.82) is 0 Å². The summed E-state index contributed by atoms with van der Waals surface area (Å²) in [5.41, 5.74) is 3.57. The lowest BCUT2D eigenvalue weighted by atomic mass is 10.1. The molecular weight excluding hydrogens is 314 g/mol. The lowest BCUT2D eigenvalue weighted by Gasteiger charge is -2.25. The number of anilines is 1. The maximum atomic E-state index is 4.39. The van der Waals surface area contributed by atoms with Gasteiger partial charge in [-0.15, -0.1) is 0 Å². The third kappa shape index (κ3) is 3.58. The molecule has 0 bridgehead atoms. The summed E-state index contributed by atoms with van der Waals surface area (Å²) in [5, 5.41) is 3.30. The van der Waals surface area contributed by atoms with Crippen LogP contribution >= 0.6 is 15.9 Å². The number of pyridine rings is 1. The topological polar surface area (TPSA) is 28.2 Å². The van der Waals surface area contributed by atoms with E-state index in [9.17, 15) is 0 Å². The summed E-state index contributed by atoms with van der Waals surface area (Å²) < 4.78 is 1.09. The van der Waals surface area contributed by atoms with E-state index < -0.39 is 0 Å². The Morgan fingerprint density at radius 1 is 1.30 bits per heavy atom. The second kappa shape index (κ2) is 6.86. The fourth-order valence-corrected chi connectivity index (χ4v) is 2.54. The minimum atomic E-state index is 0.310. The zero-order valence-electron chi connectivity index (χ0n) is 12.1. The van der Waals surface area contributed by atoms with Gasteiger partial charge in [0.2, 0.25) is 0 Å². The van der Waals surface area contributed by atoms with Crippen molar-refractivity contribution in [3.63, 3.8) is 0 Å². The minimum Gasteiger partial charge on any atom is -0.368 e. The van der Waals surface area contributed by atoms with E-state index in [0.29, 0.717) is 6.04 Å². The third-order valence-electron chi connectivity index (χ3n) is 3.43. The van der Waals surface area contributed by atoms with E-state index >= 15 is 0 Å². The van der Waals surface area contributed by atoms with Crippen molar-refractivity contribution in [2.45, 2.75) is 19.5 Å². The highest BCUT2D eigenvalue weighted by atomic mass is 79.9. The number of rotatable bonds is 5. The fourth-order valence-electron chi connectivity index (χ4n) is 2.19. The number of nitrogens with zero attached hydrogens (tertiary/aromatic N) is 2. The van der Waals surface area contributed by atoms with Gasteiger partial charge in [-0.3, -0.25) is 4.98 Å². The maximum Gasteiger partial charge on any atom is 0.0598 e. The van der Waals surface area contributed by atoms with Crippen molar-refractivity contribution in [2.75, 3.05) is 19.0 Å². The normalized spacial score (nSPS) is 12.2. The van der Waals surface area contributed by atoms with Crippen LogP contribution in [-0.2, 0) is 6.54 Å². The van der Waals surface area contributed by atoms with Crippen LogP contribution in [0.5, 0.6) is 0 Å². The van der Waals surface area contributed by atoms with Gasteiger partial charge in [0.1, 0.15) is 0 Å². The first-order valence-corrected chi connectivity index (χ1v) is 7.49. The Labute approximate surface area is 129 Å². The first-order valence-electron chi connectivity index (χ1n) is 6.69. The van der Waals surface area contributed by atoms with Gasteiger partial charge in [0.05, 0.1) is 12.2 Å². The second-order valence-electron chi connectivity index (χ2n) is 4.89. The van der Waals surface area contributed by atoms with E-state index in [-0.39, 0.29) is 0 Å². The van der Waals surface area contributed by atoms with Gasteiger partial charge in [-0.1, -0.05) is 28.1 Å². The summed E-state index contributed by atoms with van der Waals surface area (Å²) in [4.78, 5) is 6.62. The molecule has 4 heteroatoms. The van der Waals surface area contributed by atoms with Gasteiger partial charge in [-0.25, -0.2) is 0 Å². The van der Waals surface area contributed by atoms with E-state index in [1.807, 2.05) is 25.4 Å². The molecule has 106 valence electrons. The van der Waals surface area contributed by atoms with Crippen LogP contribution in [0.1, 0.15) is 24.2 Å². The van der Waals surface area contributed by atoms with Crippen LogP contribution in [0, 0.1) is 0 Å². The number of halogens is 1. The monoisotopic (exact) mass is 333 g/mol. The molecular formula is C16H20BrN3. The molecule has 0 aliphatic heterocycles. The Morgan fingerprint density at radius 2 is 2.10 bits per heavy atom. The average Bonchev–Trinajstić information content (AvgIpc) is 2.47. The highest BCUT2D eigenvalue weighted by molar-refractivity contribution is 9.10. The number of hydrogen-bond donors (Lipinski definition) is 1. The quantitative estimate of drug-likeness (QED) is 0.902. The Kier molecular flexibility index (Phi) is 5.15.